The molecule has 0 saturated carbocycles. The van der Waals surface area contributed by atoms with Crippen molar-refractivity contribution in [3.05, 3.63) is 17.5 Å². The topological polar surface area (TPSA) is 77.2 Å². The van der Waals surface area contributed by atoms with Gasteiger partial charge >= 0.3 is 0 Å². The van der Waals surface area contributed by atoms with Crippen molar-refractivity contribution >= 4 is 27.1 Å². The molecule has 0 aliphatic rings. The Hall–Kier alpha value is -1.21. The molecule has 0 atom stereocenters. The van der Waals surface area contributed by atoms with Crippen LogP contribution in [0.5, 0.6) is 0 Å². The Morgan fingerprint density at radius 2 is 2.21 bits per heavy atom. The lowest BCUT2D eigenvalue weighted by atomic mass is 10.6. The maximum absolute atomic E-state index is 11.3. The SMILES string of the molecule is CS(=O)(=O)c1nc(Cl)cc2ncnn12. The highest BCUT2D eigenvalue weighted by atomic mass is 35.5. The highest BCUT2D eigenvalue weighted by Crippen LogP contribution is 2.13. The maximum Gasteiger partial charge on any atom is 0.251 e. The highest BCUT2D eigenvalue weighted by Gasteiger charge is 2.16. The van der Waals surface area contributed by atoms with Crippen LogP contribution in [0.25, 0.3) is 5.65 Å². The van der Waals surface area contributed by atoms with Gasteiger partial charge in [0.1, 0.15) is 11.5 Å². The summed E-state index contributed by atoms with van der Waals surface area (Å²) >= 11 is 5.63. The summed E-state index contributed by atoms with van der Waals surface area (Å²) in [5.41, 5.74) is 0.352. The van der Waals surface area contributed by atoms with E-state index >= 15 is 0 Å². The molecule has 74 valence electrons. The Labute approximate surface area is 84.5 Å². The lowest BCUT2D eigenvalue weighted by molar-refractivity contribution is 0.585. The fourth-order valence-corrected chi connectivity index (χ4v) is 1.96. The van der Waals surface area contributed by atoms with Gasteiger partial charge in [-0.1, -0.05) is 11.6 Å². The number of rotatable bonds is 1. The maximum atomic E-state index is 11.3. The van der Waals surface area contributed by atoms with Crippen molar-refractivity contribution in [1.82, 2.24) is 19.6 Å². The van der Waals surface area contributed by atoms with Crippen LogP contribution in [0.15, 0.2) is 17.6 Å². The molecule has 0 amide bonds. The zero-order valence-electron chi connectivity index (χ0n) is 7.05. The third-order valence-corrected chi connectivity index (χ3v) is 2.66. The summed E-state index contributed by atoms with van der Waals surface area (Å²) in [6, 6.07) is 1.43. The Kier molecular flexibility index (Phi) is 1.93. The molecule has 0 fully saturated rings. The minimum Gasteiger partial charge on any atom is -0.221 e. The number of halogens is 1. The fraction of sp³-hybridized carbons (Fsp3) is 0.167. The van der Waals surface area contributed by atoms with E-state index < -0.39 is 9.84 Å². The van der Waals surface area contributed by atoms with Crippen molar-refractivity contribution < 1.29 is 8.42 Å². The van der Waals surface area contributed by atoms with E-state index in [4.69, 9.17) is 11.6 Å². The van der Waals surface area contributed by atoms with Crippen LogP contribution < -0.4 is 0 Å². The van der Waals surface area contributed by atoms with Crippen LogP contribution >= 0.6 is 11.6 Å². The largest absolute Gasteiger partial charge is 0.251 e. The summed E-state index contributed by atoms with van der Waals surface area (Å²) in [7, 11) is -3.46. The van der Waals surface area contributed by atoms with E-state index in [2.05, 4.69) is 15.1 Å². The first kappa shape index (κ1) is 9.35. The molecule has 2 aromatic heterocycles. The van der Waals surface area contributed by atoms with Crippen molar-refractivity contribution in [3.63, 3.8) is 0 Å². The van der Waals surface area contributed by atoms with E-state index in [1.807, 2.05) is 0 Å². The molecule has 0 spiro atoms. The summed E-state index contributed by atoms with van der Waals surface area (Å²) < 4.78 is 23.7. The van der Waals surface area contributed by atoms with Crippen LogP contribution in [0.3, 0.4) is 0 Å². The summed E-state index contributed by atoms with van der Waals surface area (Å²) in [4.78, 5) is 7.50. The molecule has 0 saturated heterocycles. The molecule has 2 heterocycles. The van der Waals surface area contributed by atoms with Crippen LogP contribution in [-0.2, 0) is 9.84 Å². The zero-order chi connectivity index (χ0) is 10.3. The summed E-state index contributed by atoms with van der Waals surface area (Å²) in [6.45, 7) is 0. The minimum absolute atomic E-state index is 0.0749. The smallest absolute Gasteiger partial charge is 0.221 e. The third kappa shape index (κ3) is 1.44. The second-order valence-corrected chi connectivity index (χ2v) is 4.96. The second-order valence-electron chi connectivity index (χ2n) is 2.66. The van der Waals surface area contributed by atoms with Gasteiger partial charge in [0.2, 0.25) is 9.84 Å². The molecule has 0 aliphatic heterocycles. The standard InChI is InChI=1S/C6H5ClN4O2S/c1-14(12,13)6-10-4(7)2-5-8-3-9-11(5)6/h2-3H,1H3. The number of aromatic nitrogens is 4. The van der Waals surface area contributed by atoms with Crippen LogP contribution in [-0.4, -0.2) is 34.3 Å². The summed E-state index contributed by atoms with van der Waals surface area (Å²) in [6.07, 6.45) is 2.27. The van der Waals surface area contributed by atoms with E-state index in [9.17, 15) is 8.42 Å². The molecule has 2 aromatic rings. The Morgan fingerprint density at radius 1 is 1.50 bits per heavy atom. The van der Waals surface area contributed by atoms with Gasteiger partial charge in [0.15, 0.2) is 5.65 Å². The van der Waals surface area contributed by atoms with Crippen molar-refractivity contribution in [2.45, 2.75) is 5.16 Å². The van der Waals surface area contributed by atoms with Crippen LogP contribution in [0.2, 0.25) is 5.15 Å². The average molecular weight is 233 g/mol. The molecular formula is C6H5ClN4O2S. The second kappa shape index (κ2) is 2.89. The average Bonchev–Trinajstić information content (AvgIpc) is 2.47. The third-order valence-electron chi connectivity index (χ3n) is 1.54. The van der Waals surface area contributed by atoms with E-state index in [1.165, 1.54) is 12.4 Å². The summed E-state index contributed by atoms with van der Waals surface area (Å²) in [5, 5.41) is 3.60. The van der Waals surface area contributed by atoms with Crippen LogP contribution in [0, 0.1) is 0 Å². The first-order valence-corrected chi connectivity index (χ1v) is 5.82. The van der Waals surface area contributed by atoms with E-state index in [0.29, 0.717) is 5.65 Å². The number of hydrogen-bond donors (Lipinski definition) is 0. The Morgan fingerprint density at radius 3 is 2.86 bits per heavy atom. The van der Waals surface area contributed by atoms with E-state index in [0.717, 1.165) is 10.8 Å². The van der Waals surface area contributed by atoms with Gasteiger partial charge in [0.05, 0.1) is 0 Å². The van der Waals surface area contributed by atoms with Gasteiger partial charge in [-0.05, 0) is 0 Å². The number of sulfone groups is 1. The number of fused-ring (bicyclic) bond motifs is 1. The van der Waals surface area contributed by atoms with Crippen molar-refractivity contribution in [1.29, 1.82) is 0 Å². The van der Waals surface area contributed by atoms with Gasteiger partial charge < -0.3 is 0 Å². The predicted molar refractivity (Wildman–Crippen MR) is 48.9 cm³/mol. The molecular weight excluding hydrogens is 228 g/mol. The molecule has 6 nitrogen and oxygen atoms in total. The Bertz CT molecular complexity index is 591. The monoisotopic (exact) mass is 232 g/mol. The van der Waals surface area contributed by atoms with Crippen molar-refractivity contribution in [2.24, 2.45) is 0 Å². The normalized spacial score (nSPS) is 12.1. The molecule has 0 bridgehead atoms. The number of hydrogen-bond acceptors (Lipinski definition) is 5. The van der Waals surface area contributed by atoms with Gasteiger partial charge in [-0.2, -0.15) is 9.61 Å². The van der Waals surface area contributed by atoms with E-state index in [-0.39, 0.29) is 10.3 Å². The molecule has 14 heavy (non-hydrogen) atoms. The van der Waals surface area contributed by atoms with Gasteiger partial charge in [-0.15, -0.1) is 0 Å². The first-order chi connectivity index (χ1) is 6.48. The molecule has 2 rings (SSSR count). The molecule has 0 aromatic carbocycles. The van der Waals surface area contributed by atoms with Gasteiger partial charge in [0, 0.05) is 12.3 Å². The predicted octanol–water partition coefficient (Wildman–Crippen LogP) is 0.181. The van der Waals surface area contributed by atoms with Crippen LogP contribution in [0.1, 0.15) is 0 Å². The molecule has 0 N–H and O–H groups in total. The minimum atomic E-state index is -3.46. The molecule has 8 heteroatoms. The molecule has 0 unspecified atom stereocenters. The number of nitrogens with zero attached hydrogens (tertiary/aromatic N) is 4. The zero-order valence-corrected chi connectivity index (χ0v) is 8.62. The van der Waals surface area contributed by atoms with E-state index in [1.54, 1.807) is 0 Å². The quantitative estimate of drug-likeness (QED) is 0.518. The molecule has 0 radical (unpaired) electrons. The van der Waals surface area contributed by atoms with Gasteiger partial charge in [-0.3, -0.25) is 0 Å². The van der Waals surface area contributed by atoms with Crippen LogP contribution in [0.4, 0.5) is 0 Å². The van der Waals surface area contributed by atoms with Gasteiger partial charge in [0.25, 0.3) is 5.16 Å². The lowest BCUT2D eigenvalue weighted by Gasteiger charge is -2.00. The highest BCUT2D eigenvalue weighted by molar-refractivity contribution is 7.90. The van der Waals surface area contributed by atoms with Crippen molar-refractivity contribution in [3.8, 4) is 0 Å². The van der Waals surface area contributed by atoms with Gasteiger partial charge in [-0.25, -0.2) is 18.4 Å². The molecule has 0 aliphatic carbocycles. The lowest BCUT2D eigenvalue weighted by Crippen LogP contribution is -2.09. The first-order valence-electron chi connectivity index (χ1n) is 3.55. The summed E-state index contributed by atoms with van der Waals surface area (Å²) in [5.74, 6) is 0. The Balaban J connectivity index is 2.94. The van der Waals surface area contributed by atoms with Crippen molar-refractivity contribution in [2.75, 3.05) is 6.26 Å². The fourth-order valence-electron chi connectivity index (χ4n) is 1.01.